The lowest BCUT2D eigenvalue weighted by Crippen LogP contribution is -2.61. The number of rotatable bonds is 1. The van der Waals surface area contributed by atoms with Gasteiger partial charge in [0.05, 0.1) is 0 Å². The van der Waals surface area contributed by atoms with Crippen LogP contribution in [0, 0.1) is 10.8 Å². The van der Waals surface area contributed by atoms with Crippen molar-refractivity contribution in [3.8, 4) is 0 Å². The van der Waals surface area contributed by atoms with Gasteiger partial charge >= 0.3 is 0 Å². The van der Waals surface area contributed by atoms with Crippen LogP contribution in [0.1, 0.15) is 59.3 Å². The van der Waals surface area contributed by atoms with Gasteiger partial charge < -0.3 is 5.73 Å². The Morgan fingerprint density at radius 1 is 1.15 bits per heavy atom. The average molecular weight is 181 g/mol. The van der Waals surface area contributed by atoms with Crippen molar-refractivity contribution >= 4 is 0 Å². The van der Waals surface area contributed by atoms with Gasteiger partial charge in [0.2, 0.25) is 0 Å². The quantitative estimate of drug-likeness (QED) is 0.661. The van der Waals surface area contributed by atoms with E-state index in [1.165, 1.54) is 38.5 Å². The van der Waals surface area contributed by atoms with Crippen LogP contribution in [-0.2, 0) is 0 Å². The summed E-state index contributed by atoms with van der Waals surface area (Å²) in [6, 6.07) is 0. The Morgan fingerprint density at radius 3 is 2.23 bits per heavy atom. The molecule has 3 saturated carbocycles. The van der Waals surface area contributed by atoms with E-state index in [0.29, 0.717) is 10.8 Å². The number of nitrogens with two attached hydrogens (primary N) is 1. The van der Waals surface area contributed by atoms with Gasteiger partial charge in [-0.15, -0.1) is 0 Å². The highest BCUT2D eigenvalue weighted by Crippen LogP contribution is 2.61. The van der Waals surface area contributed by atoms with Gasteiger partial charge in [-0.05, 0) is 42.9 Å². The maximum absolute atomic E-state index is 6.25. The Kier molecular flexibility index (Phi) is 1.83. The van der Waals surface area contributed by atoms with E-state index in [1.807, 2.05) is 0 Å². The molecule has 3 fully saturated rings. The van der Waals surface area contributed by atoms with Crippen molar-refractivity contribution in [3.63, 3.8) is 0 Å². The van der Waals surface area contributed by atoms with Crippen molar-refractivity contribution in [3.05, 3.63) is 0 Å². The molecule has 1 heteroatoms. The molecular weight excluding hydrogens is 158 g/mol. The fourth-order valence-electron chi connectivity index (χ4n) is 3.95. The fourth-order valence-corrected chi connectivity index (χ4v) is 3.95. The van der Waals surface area contributed by atoms with Gasteiger partial charge in [-0.25, -0.2) is 0 Å². The third-order valence-electron chi connectivity index (χ3n) is 3.74. The van der Waals surface area contributed by atoms with Crippen LogP contribution in [-0.4, -0.2) is 5.54 Å². The molecule has 0 saturated heterocycles. The van der Waals surface area contributed by atoms with E-state index in [4.69, 9.17) is 5.73 Å². The second-order valence-corrected chi connectivity index (χ2v) is 6.81. The lowest BCUT2D eigenvalue weighted by molar-refractivity contribution is -0.0568. The molecule has 0 amide bonds. The summed E-state index contributed by atoms with van der Waals surface area (Å²) < 4.78 is 0. The predicted molar refractivity (Wildman–Crippen MR) is 56.5 cm³/mol. The lowest BCUT2D eigenvalue weighted by Gasteiger charge is -2.61. The standard InChI is InChI=1S/C12H23N/c1-10(2,3)7-11-5-4-6-12(13,8-11)9-11/h4-9,13H2,1-3H3. The van der Waals surface area contributed by atoms with E-state index < -0.39 is 0 Å². The molecule has 0 radical (unpaired) electrons. The van der Waals surface area contributed by atoms with Crippen molar-refractivity contribution in [1.82, 2.24) is 0 Å². The smallest absolute Gasteiger partial charge is 0.0165 e. The minimum Gasteiger partial charge on any atom is -0.325 e. The minimum atomic E-state index is 0.253. The minimum absolute atomic E-state index is 0.253. The molecule has 0 aliphatic heterocycles. The van der Waals surface area contributed by atoms with Crippen molar-refractivity contribution in [2.75, 3.05) is 0 Å². The van der Waals surface area contributed by atoms with Crippen LogP contribution in [0.2, 0.25) is 0 Å². The number of hydrogen-bond acceptors (Lipinski definition) is 1. The van der Waals surface area contributed by atoms with Gasteiger partial charge in [0, 0.05) is 5.54 Å². The maximum atomic E-state index is 6.25. The largest absolute Gasteiger partial charge is 0.325 e. The topological polar surface area (TPSA) is 26.0 Å². The van der Waals surface area contributed by atoms with Gasteiger partial charge in [-0.2, -0.15) is 0 Å². The first-order valence-electron chi connectivity index (χ1n) is 5.62. The highest BCUT2D eigenvalue weighted by atomic mass is 14.8. The van der Waals surface area contributed by atoms with Crippen LogP contribution < -0.4 is 5.73 Å². The SMILES string of the molecule is CC(C)(C)CC12CCCC(N)(C1)C2. The molecule has 3 rings (SSSR count). The van der Waals surface area contributed by atoms with Gasteiger partial charge in [0.25, 0.3) is 0 Å². The van der Waals surface area contributed by atoms with E-state index >= 15 is 0 Å². The highest BCUT2D eigenvalue weighted by Gasteiger charge is 2.55. The highest BCUT2D eigenvalue weighted by molar-refractivity contribution is 5.11. The normalized spacial score (nSPS) is 44.3. The molecule has 76 valence electrons. The second kappa shape index (κ2) is 2.50. The van der Waals surface area contributed by atoms with Crippen LogP contribution >= 0.6 is 0 Å². The Balaban J connectivity index is 2.01. The molecule has 3 aliphatic carbocycles. The maximum Gasteiger partial charge on any atom is 0.0165 e. The number of fused-ring (bicyclic) bond motifs is 2. The molecule has 0 spiro atoms. The third kappa shape index (κ3) is 1.76. The van der Waals surface area contributed by atoms with Gasteiger partial charge in [0.15, 0.2) is 0 Å². The molecular formula is C12H23N. The van der Waals surface area contributed by atoms with Crippen molar-refractivity contribution in [2.24, 2.45) is 16.6 Å². The molecule has 3 aliphatic rings. The number of hydrogen-bond donors (Lipinski definition) is 1. The summed E-state index contributed by atoms with van der Waals surface area (Å²) in [7, 11) is 0. The predicted octanol–water partition coefficient (Wildman–Crippen LogP) is 3.08. The van der Waals surface area contributed by atoms with Crippen molar-refractivity contribution in [1.29, 1.82) is 0 Å². The van der Waals surface area contributed by atoms with Crippen molar-refractivity contribution < 1.29 is 0 Å². The first-order chi connectivity index (χ1) is 5.83. The Morgan fingerprint density at radius 2 is 1.77 bits per heavy atom. The molecule has 13 heavy (non-hydrogen) atoms. The van der Waals surface area contributed by atoms with Crippen molar-refractivity contribution in [2.45, 2.75) is 64.8 Å². The van der Waals surface area contributed by atoms with E-state index in [1.54, 1.807) is 0 Å². The Hall–Kier alpha value is -0.0400. The average Bonchev–Trinajstić information content (AvgIpc) is 1.78. The van der Waals surface area contributed by atoms with E-state index in [0.717, 1.165) is 0 Å². The van der Waals surface area contributed by atoms with Gasteiger partial charge in [-0.3, -0.25) is 0 Å². The molecule has 2 bridgehead atoms. The molecule has 0 aromatic carbocycles. The first-order valence-corrected chi connectivity index (χ1v) is 5.62. The summed E-state index contributed by atoms with van der Waals surface area (Å²) in [4.78, 5) is 0. The zero-order valence-corrected chi connectivity index (χ0v) is 9.32. The molecule has 0 aromatic rings. The Labute approximate surface area is 82.1 Å². The van der Waals surface area contributed by atoms with Crippen LogP contribution in [0.5, 0.6) is 0 Å². The summed E-state index contributed by atoms with van der Waals surface area (Å²) in [5, 5.41) is 0. The monoisotopic (exact) mass is 181 g/mol. The lowest BCUT2D eigenvalue weighted by atomic mass is 9.47. The van der Waals surface area contributed by atoms with E-state index in [2.05, 4.69) is 20.8 Å². The summed E-state index contributed by atoms with van der Waals surface area (Å²) in [5.74, 6) is 0. The molecule has 0 unspecified atom stereocenters. The van der Waals surface area contributed by atoms with E-state index in [9.17, 15) is 0 Å². The first kappa shape index (κ1) is 9.51. The molecule has 0 aromatic heterocycles. The zero-order chi connectivity index (χ0) is 9.74. The molecule has 2 N–H and O–H groups in total. The summed E-state index contributed by atoms with van der Waals surface area (Å²) in [5.41, 5.74) is 7.63. The Bertz CT molecular complexity index is 206. The van der Waals surface area contributed by atoms with Gasteiger partial charge in [-0.1, -0.05) is 27.2 Å². The van der Waals surface area contributed by atoms with Gasteiger partial charge in [0.1, 0.15) is 0 Å². The summed E-state index contributed by atoms with van der Waals surface area (Å²) in [6.45, 7) is 7.06. The summed E-state index contributed by atoms with van der Waals surface area (Å²) in [6.07, 6.45) is 8.06. The van der Waals surface area contributed by atoms with E-state index in [-0.39, 0.29) is 5.54 Å². The van der Waals surface area contributed by atoms with Crippen LogP contribution in [0.3, 0.4) is 0 Å². The van der Waals surface area contributed by atoms with Crippen LogP contribution in [0.15, 0.2) is 0 Å². The third-order valence-corrected chi connectivity index (χ3v) is 3.74. The van der Waals surface area contributed by atoms with Crippen LogP contribution in [0.25, 0.3) is 0 Å². The molecule has 0 atom stereocenters. The zero-order valence-electron chi connectivity index (χ0n) is 9.32. The summed E-state index contributed by atoms with van der Waals surface area (Å²) >= 11 is 0. The molecule has 1 nitrogen and oxygen atoms in total. The second-order valence-electron chi connectivity index (χ2n) is 6.81. The molecule has 0 heterocycles. The fraction of sp³-hybridized carbons (Fsp3) is 1.00. The van der Waals surface area contributed by atoms with Crippen LogP contribution in [0.4, 0.5) is 0 Å².